The van der Waals surface area contributed by atoms with Crippen LogP contribution < -0.4 is 0 Å². The molecule has 70 valence electrons. The number of hydrogen-bond donors (Lipinski definition) is 2. The van der Waals surface area contributed by atoms with Gasteiger partial charge in [-0.15, -0.1) is 0 Å². The van der Waals surface area contributed by atoms with Crippen LogP contribution in [0.4, 0.5) is 0 Å². The van der Waals surface area contributed by atoms with Crippen molar-refractivity contribution in [2.45, 2.75) is 32.3 Å². The van der Waals surface area contributed by atoms with E-state index >= 15 is 0 Å². The minimum atomic E-state index is -1.19. The lowest BCUT2D eigenvalue weighted by atomic mass is 10.0. The third kappa shape index (κ3) is 3.43. The van der Waals surface area contributed by atoms with E-state index in [4.69, 9.17) is 11.2 Å². The summed E-state index contributed by atoms with van der Waals surface area (Å²) in [5, 5.41) is 0. The third-order valence-electron chi connectivity index (χ3n) is 1.92. The molecule has 0 saturated heterocycles. The van der Waals surface area contributed by atoms with E-state index < -0.39 is 8.59 Å². The van der Waals surface area contributed by atoms with Crippen LogP contribution >= 0.6 is 12.6 Å². The van der Waals surface area contributed by atoms with Gasteiger partial charge in [0, 0.05) is 4.58 Å². The summed E-state index contributed by atoms with van der Waals surface area (Å²) in [6.45, 7) is 8.82. The molecule has 0 amide bonds. The number of hydrogen-bond acceptors (Lipinski definition) is 2. The Hall–Kier alpha value is 0.920. The SMILES string of the molecule is CC[SH](C)(=S)[C@@H](S)C(C)(C)C. The molecule has 0 radical (unpaired) electrons. The molecule has 0 saturated carbocycles. The minimum absolute atomic E-state index is 0.253. The Morgan fingerprint density at radius 1 is 1.45 bits per heavy atom. The third-order valence-corrected chi connectivity index (χ3v) is 9.16. The maximum Gasteiger partial charge on any atom is 0.0390 e. The zero-order chi connectivity index (χ0) is 9.28. The van der Waals surface area contributed by atoms with E-state index in [0.717, 1.165) is 5.75 Å². The molecule has 0 N–H and O–H groups in total. The predicted molar refractivity (Wildman–Crippen MR) is 64.8 cm³/mol. The van der Waals surface area contributed by atoms with Crippen molar-refractivity contribution in [2.75, 3.05) is 12.0 Å². The molecule has 0 unspecified atom stereocenters. The maximum absolute atomic E-state index is 5.55. The summed E-state index contributed by atoms with van der Waals surface area (Å²) in [4.78, 5) is 0. The van der Waals surface area contributed by atoms with Gasteiger partial charge in [0.15, 0.2) is 0 Å². The molecule has 11 heavy (non-hydrogen) atoms. The zero-order valence-corrected chi connectivity index (χ0v) is 10.7. The van der Waals surface area contributed by atoms with E-state index in [1.54, 1.807) is 0 Å². The molecule has 0 aliphatic carbocycles. The first-order valence-electron chi connectivity index (χ1n) is 3.96. The van der Waals surface area contributed by atoms with Gasteiger partial charge >= 0.3 is 0 Å². The maximum atomic E-state index is 5.55. The second-order valence-electron chi connectivity index (χ2n) is 4.23. The van der Waals surface area contributed by atoms with Crippen molar-refractivity contribution in [2.24, 2.45) is 5.41 Å². The predicted octanol–water partition coefficient (Wildman–Crippen LogP) is 2.29. The highest BCUT2D eigenvalue weighted by Crippen LogP contribution is 2.31. The van der Waals surface area contributed by atoms with E-state index in [9.17, 15) is 0 Å². The first-order valence-corrected chi connectivity index (χ1v) is 7.98. The van der Waals surface area contributed by atoms with Gasteiger partial charge in [-0.2, -0.15) is 21.2 Å². The van der Waals surface area contributed by atoms with Gasteiger partial charge in [-0.1, -0.05) is 38.9 Å². The highest BCUT2D eigenvalue weighted by molar-refractivity contribution is 8.43. The molecule has 0 nitrogen and oxygen atoms in total. The van der Waals surface area contributed by atoms with Crippen LogP contribution in [0, 0.1) is 5.41 Å². The highest BCUT2D eigenvalue weighted by atomic mass is 32.9. The van der Waals surface area contributed by atoms with Gasteiger partial charge in [0.25, 0.3) is 0 Å². The van der Waals surface area contributed by atoms with Crippen LogP contribution in [0.25, 0.3) is 0 Å². The van der Waals surface area contributed by atoms with E-state index in [0.29, 0.717) is 4.58 Å². The Balaban J connectivity index is 4.49. The van der Waals surface area contributed by atoms with Gasteiger partial charge in [-0.25, -0.2) is 0 Å². The van der Waals surface area contributed by atoms with Gasteiger partial charge < -0.3 is 0 Å². The molecule has 0 aromatic heterocycles. The van der Waals surface area contributed by atoms with Crippen LogP contribution in [0.1, 0.15) is 27.7 Å². The van der Waals surface area contributed by atoms with Crippen molar-refractivity contribution in [3.05, 3.63) is 0 Å². The summed E-state index contributed by atoms with van der Waals surface area (Å²) in [6.07, 6.45) is 2.21. The number of rotatable bonds is 2. The average molecular weight is 212 g/mol. The molecule has 0 aliphatic heterocycles. The van der Waals surface area contributed by atoms with Gasteiger partial charge in [-0.3, -0.25) is 0 Å². The van der Waals surface area contributed by atoms with Crippen molar-refractivity contribution in [3.8, 4) is 0 Å². The largest absolute Gasteiger partial charge is 0.197 e. The van der Waals surface area contributed by atoms with Crippen molar-refractivity contribution in [1.82, 2.24) is 0 Å². The molecule has 0 fully saturated rings. The second-order valence-corrected chi connectivity index (χ2v) is 11.2. The smallest absolute Gasteiger partial charge is 0.0390 e. The lowest BCUT2D eigenvalue weighted by Gasteiger charge is -2.37. The molecular formula is C8H20S3. The molecular weight excluding hydrogens is 192 g/mol. The molecule has 0 heterocycles. The van der Waals surface area contributed by atoms with Crippen LogP contribution in [0.15, 0.2) is 0 Å². The minimum Gasteiger partial charge on any atom is -0.197 e. The van der Waals surface area contributed by atoms with Crippen LogP contribution in [0.2, 0.25) is 0 Å². The fourth-order valence-electron chi connectivity index (χ4n) is 0.992. The van der Waals surface area contributed by atoms with Gasteiger partial charge in [0.2, 0.25) is 0 Å². The van der Waals surface area contributed by atoms with Crippen molar-refractivity contribution >= 4 is 32.4 Å². The van der Waals surface area contributed by atoms with E-state index in [1.165, 1.54) is 0 Å². The Kier molecular flexibility index (Phi) is 4.07. The molecule has 3 heteroatoms. The summed E-state index contributed by atoms with van der Waals surface area (Å²) in [6, 6.07) is 0. The Labute approximate surface area is 82.1 Å². The van der Waals surface area contributed by atoms with E-state index in [2.05, 4.69) is 46.6 Å². The molecule has 0 rings (SSSR count). The summed E-state index contributed by atoms with van der Waals surface area (Å²) in [7, 11) is -1.19. The fourth-order valence-corrected chi connectivity index (χ4v) is 4.42. The quantitative estimate of drug-likeness (QED) is 0.662. The molecule has 0 aromatic rings. The molecule has 0 aliphatic rings. The van der Waals surface area contributed by atoms with Crippen molar-refractivity contribution < 1.29 is 0 Å². The first-order chi connectivity index (χ1) is 4.72. The highest BCUT2D eigenvalue weighted by Gasteiger charge is 2.26. The molecule has 0 bridgehead atoms. The fraction of sp³-hybridized carbons (Fsp3) is 1.00. The van der Waals surface area contributed by atoms with E-state index in [1.807, 2.05) is 0 Å². The summed E-state index contributed by atoms with van der Waals surface area (Å²) in [5.74, 6) is 1.12. The molecule has 0 spiro atoms. The van der Waals surface area contributed by atoms with Crippen molar-refractivity contribution in [1.29, 1.82) is 0 Å². The zero-order valence-electron chi connectivity index (χ0n) is 8.09. The Bertz CT molecular complexity index is 167. The van der Waals surface area contributed by atoms with Crippen molar-refractivity contribution in [3.63, 3.8) is 0 Å². The van der Waals surface area contributed by atoms with Gasteiger partial charge in [0.05, 0.1) is 0 Å². The van der Waals surface area contributed by atoms with Gasteiger partial charge in [0.1, 0.15) is 0 Å². The topological polar surface area (TPSA) is 0 Å². The summed E-state index contributed by atoms with van der Waals surface area (Å²) in [5.41, 5.74) is 0.253. The van der Waals surface area contributed by atoms with E-state index in [-0.39, 0.29) is 5.41 Å². The van der Waals surface area contributed by atoms with Crippen LogP contribution in [0.3, 0.4) is 0 Å². The lowest BCUT2D eigenvalue weighted by Crippen LogP contribution is -2.34. The number of thiol groups is 2. The standard InChI is InChI=1S/C8H20S3/c1-6-11(5,10)7(9)8(2,3)4/h7,9,11H,6H2,1-5H3/t7-/m1/s1. The van der Waals surface area contributed by atoms with Crippen LogP contribution in [0.5, 0.6) is 0 Å². The summed E-state index contributed by atoms with van der Waals surface area (Å²) < 4.78 is 0.398. The normalized spacial score (nSPS) is 18.0. The average Bonchev–Trinajstić information content (AvgIpc) is 1.84. The Morgan fingerprint density at radius 3 is 1.91 bits per heavy atom. The molecule has 0 aromatic carbocycles. The van der Waals surface area contributed by atoms with Gasteiger partial charge in [-0.05, 0) is 17.4 Å². The van der Waals surface area contributed by atoms with Crippen LogP contribution in [-0.4, -0.2) is 16.6 Å². The Morgan fingerprint density at radius 2 is 1.82 bits per heavy atom. The summed E-state index contributed by atoms with van der Waals surface area (Å²) >= 11 is 10.2. The monoisotopic (exact) mass is 212 g/mol. The first kappa shape index (κ1) is 11.9. The second kappa shape index (κ2) is 3.75. The lowest BCUT2D eigenvalue weighted by molar-refractivity contribution is 0.459. The molecule has 1 atom stereocenters. The van der Waals surface area contributed by atoms with Crippen LogP contribution in [-0.2, 0) is 19.8 Å².